The summed E-state index contributed by atoms with van der Waals surface area (Å²) in [4.78, 5) is 0. The van der Waals surface area contributed by atoms with Crippen molar-refractivity contribution in [3.05, 3.63) is 59.7 Å². The van der Waals surface area contributed by atoms with Crippen LogP contribution < -0.4 is 0 Å². The Balaban J connectivity index is 1.73. The number of benzene rings is 4. The maximum absolute atomic E-state index is 6.72. The molecule has 6 rings (SSSR count). The largest absolute Gasteiger partial charge is 0.456 e. The molecule has 0 N–H and O–H groups in total. The van der Waals surface area contributed by atoms with Crippen LogP contribution in [0.2, 0.25) is 0 Å². The van der Waals surface area contributed by atoms with Crippen LogP contribution in [0, 0.1) is 0 Å². The molecule has 0 aliphatic carbocycles. The van der Waals surface area contributed by atoms with Gasteiger partial charge in [0, 0.05) is 21.9 Å². The third-order valence-corrected chi connectivity index (χ3v) is 7.29. The highest BCUT2D eigenvalue weighted by molar-refractivity contribution is 6.24. The summed E-state index contributed by atoms with van der Waals surface area (Å²) in [6.07, 6.45) is 7.04. The molecule has 0 fully saturated rings. The minimum absolute atomic E-state index is 0.461. The Labute approximate surface area is 188 Å². The van der Waals surface area contributed by atoms with Gasteiger partial charge in [-0.05, 0) is 59.2 Å². The molecule has 1 atom stereocenters. The van der Waals surface area contributed by atoms with Gasteiger partial charge in [0.15, 0.2) is 0 Å². The summed E-state index contributed by atoms with van der Waals surface area (Å²) in [5.74, 6) is 0.461. The van der Waals surface area contributed by atoms with Crippen molar-refractivity contribution in [2.75, 3.05) is 0 Å². The van der Waals surface area contributed by atoms with Gasteiger partial charge in [-0.15, -0.1) is 0 Å². The first-order valence-electron chi connectivity index (χ1n) is 12.3. The van der Waals surface area contributed by atoms with Crippen LogP contribution in [0.3, 0.4) is 0 Å². The van der Waals surface area contributed by atoms with E-state index in [1.54, 1.807) is 0 Å². The van der Waals surface area contributed by atoms with Gasteiger partial charge < -0.3 is 8.83 Å². The minimum atomic E-state index is 0.461. The molecule has 0 radical (unpaired) electrons. The van der Waals surface area contributed by atoms with Gasteiger partial charge in [0.2, 0.25) is 0 Å². The van der Waals surface area contributed by atoms with E-state index in [1.807, 2.05) is 0 Å². The van der Waals surface area contributed by atoms with Gasteiger partial charge in [-0.3, -0.25) is 0 Å². The van der Waals surface area contributed by atoms with Crippen molar-refractivity contribution in [2.45, 2.75) is 65.2 Å². The van der Waals surface area contributed by atoms with Crippen LogP contribution in [-0.4, -0.2) is 0 Å². The topological polar surface area (TPSA) is 26.3 Å². The lowest BCUT2D eigenvalue weighted by atomic mass is 9.86. The monoisotopic (exact) mass is 422 g/mol. The molecule has 0 saturated heterocycles. The van der Waals surface area contributed by atoms with Gasteiger partial charge in [-0.25, -0.2) is 0 Å². The summed E-state index contributed by atoms with van der Waals surface area (Å²) in [7, 11) is 0. The van der Waals surface area contributed by atoms with Crippen molar-refractivity contribution in [1.82, 2.24) is 0 Å². The number of hydrogen-bond acceptors (Lipinski definition) is 2. The lowest BCUT2D eigenvalue weighted by Crippen LogP contribution is -2.00. The van der Waals surface area contributed by atoms with Gasteiger partial charge in [0.1, 0.15) is 22.3 Å². The van der Waals surface area contributed by atoms with Crippen molar-refractivity contribution in [3.8, 4) is 11.1 Å². The molecule has 0 bridgehead atoms. The number of hydrogen-bond donors (Lipinski definition) is 0. The maximum atomic E-state index is 6.72. The molecule has 162 valence electrons. The Kier molecular flexibility index (Phi) is 4.64. The first-order chi connectivity index (χ1) is 15.7. The normalized spacial score (nSPS) is 13.5. The summed E-state index contributed by atoms with van der Waals surface area (Å²) >= 11 is 0. The molecule has 2 nitrogen and oxygen atoms in total. The zero-order valence-corrected chi connectivity index (χ0v) is 19.3. The zero-order chi connectivity index (χ0) is 21.8. The van der Waals surface area contributed by atoms with Crippen molar-refractivity contribution >= 4 is 43.9 Å². The quantitative estimate of drug-likeness (QED) is 0.145. The fraction of sp³-hybridized carbons (Fsp3) is 0.333. The molecule has 0 spiro atoms. The molecule has 1 unspecified atom stereocenters. The van der Waals surface area contributed by atoms with Crippen LogP contribution >= 0.6 is 0 Å². The van der Waals surface area contributed by atoms with Gasteiger partial charge in [-0.1, -0.05) is 76.4 Å². The van der Waals surface area contributed by atoms with Crippen LogP contribution in [-0.2, 0) is 6.42 Å². The van der Waals surface area contributed by atoms with Crippen LogP contribution in [0.5, 0.6) is 0 Å². The molecule has 32 heavy (non-hydrogen) atoms. The number of rotatable bonds is 7. The Morgan fingerprint density at radius 2 is 1.31 bits per heavy atom. The Hall–Kier alpha value is -3.00. The average molecular weight is 423 g/mol. The lowest BCUT2D eigenvalue weighted by molar-refractivity contribution is 0.619. The molecule has 0 amide bonds. The molecule has 4 aromatic rings. The number of unbranched alkanes of at least 4 members (excludes halogenated alkanes) is 2. The molecule has 2 aliphatic rings. The van der Waals surface area contributed by atoms with E-state index in [9.17, 15) is 0 Å². The molecule has 0 aromatic heterocycles. The van der Waals surface area contributed by atoms with E-state index in [0.717, 1.165) is 35.2 Å². The van der Waals surface area contributed by atoms with Crippen molar-refractivity contribution in [2.24, 2.45) is 0 Å². The van der Waals surface area contributed by atoms with E-state index in [-0.39, 0.29) is 0 Å². The second-order valence-electron chi connectivity index (χ2n) is 9.46. The first-order valence-corrected chi connectivity index (χ1v) is 12.3. The second kappa shape index (κ2) is 7.55. The Morgan fingerprint density at radius 3 is 2.00 bits per heavy atom. The molecule has 2 heterocycles. The highest BCUT2D eigenvalue weighted by Gasteiger charge is 2.26. The van der Waals surface area contributed by atoms with Crippen molar-refractivity contribution in [3.63, 3.8) is 0 Å². The molecule has 0 saturated carbocycles. The van der Waals surface area contributed by atoms with Crippen molar-refractivity contribution < 1.29 is 8.83 Å². The third kappa shape index (κ3) is 2.78. The maximum Gasteiger partial charge on any atom is 0.139 e. The molecular weight excluding hydrogens is 392 g/mol. The van der Waals surface area contributed by atoms with E-state index in [1.165, 1.54) is 69.5 Å². The second-order valence-corrected chi connectivity index (χ2v) is 9.46. The fourth-order valence-corrected chi connectivity index (χ4v) is 5.64. The van der Waals surface area contributed by atoms with E-state index in [4.69, 9.17) is 8.83 Å². The van der Waals surface area contributed by atoms with E-state index < -0.39 is 0 Å². The summed E-state index contributed by atoms with van der Waals surface area (Å²) in [5, 5.41) is 4.88. The Bertz CT molecular complexity index is 1510. The Morgan fingerprint density at radius 1 is 0.688 bits per heavy atom. The number of aryl methyl sites for hydroxylation is 1. The predicted molar refractivity (Wildman–Crippen MR) is 135 cm³/mol. The summed E-state index contributed by atoms with van der Waals surface area (Å²) < 4.78 is 13.4. The van der Waals surface area contributed by atoms with Crippen LogP contribution in [0.15, 0.2) is 57.4 Å². The van der Waals surface area contributed by atoms with E-state index in [0.29, 0.717) is 5.92 Å². The molecule has 4 aromatic carbocycles. The molecule has 2 heteroatoms. The highest BCUT2D eigenvalue weighted by Crippen LogP contribution is 2.49. The summed E-state index contributed by atoms with van der Waals surface area (Å²) in [6, 6.07) is 17.7. The van der Waals surface area contributed by atoms with Crippen LogP contribution in [0.25, 0.3) is 55.0 Å². The molecular formula is C30H30O2. The average Bonchev–Trinajstić information content (AvgIpc) is 2.81. The van der Waals surface area contributed by atoms with Gasteiger partial charge in [0.05, 0.1) is 0 Å². The molecule has 2 aliphatic heterocycles. The predicted octanol–water partition coefficient (Wildman–Crippen LogP) is 9.66. The standard InChI is InChI=1S/C30H30O2/c1-4-6-7-9-21-11-10-19-13-17-24-27-25(19)29(21)31-23-16-14-20-12-15-22(18(3)8-5-2)30(32-24)26(20)28(23)27/h10-18H,4-9H2,1-3H3. The fourth-order valence-electron chi connectivity index (χ4n) is 5.64. The first kappa shape index (κ1) is 19.7. The van der Waals surface area contributed by atoms with Crippen LogP contribution in [0.4, 0.5) is 0 Å². The minimum Gasteiger partial charge on any atom is -0.456 e. The van der Waals surface area contributed by atoms with Gasteiger partial charge in [-0.2, -0.15) is 0 Å². The van der Waals surface area contributed by atoms with Gasteiger partial charge >= 0.3 is 0 Å². The zero-order valence-electron chi connectivity index (χ0n) is 19.3. The summed E-state index contributed by atoms with van der Waals surface area (Å²) in [6.45, 7) is 6.82. The highest BCUT2D eigenvalue weighted by atomic mass is 16.3. The third-order valence-electron chi connectivity index (χ3n) is 7.29. The van der Waals surface area contributed by atoms with Gasteiger partial charge in [0.25, 0.3) is 0 Å². The summed E-state index contributed by atoms with van der Waals surface area (Å²) in [5.41, 5.74) is 9.03. The van der Waals surface area contributed by atoms with Crippen LogP contribution in [0.1, 0.15) is 69.9 Å². The van der Waals surface area contributed by atoms with E-state index >= 15 is 0 Å². The smallest absolute Gasteiger partial charge is 0.139 e. The van der Waals surface area contributed by atoms with E-state index in [2.05, 4.69) is 69.3 Å². The lowest BCUT2D eigenvalue weighted by Gasteiger charge is -2.22. The SMILES string of the molecule is CCCCCc1ccc2ccc3oc4c(C(C)CCC)ccc5ccc6oc1c2c3-c6c54. The van der Waals surface area contributed by atoms with Crippen molar-refractivity contribution in [1.29, 1.82) is 0 Å².